The summed E-state index contributed by atoms with van der Waals surface area (Å²) in [4.78, 5) is 4.99. The first-order chi connectivity index (χ1) is 8.39. The third-order valence-corrected chi connectivity index (χ3v) is 2.24. The Kier molecular flexibility index (Phi) is 2.98. The molecule has 4 nitrogen and oxygen atoms in total. The Morgan fingerprint density at radius 1 is 1.11 bits per heavy atom. The zero-order valence-electron chi connectivity index (χ0n) is 9.81. The van der Waals surface area contributed by atoms with Gasteiger partial charge in [0.25, 0.3) is 5.82 Å². The quantitative estimate of drug-likeness (QED) is 0.827. The van der Waals surface area contributed by atoms with E-state index in [0.717, 1.165) is 0 Å². The molecule has 1 aromatic heterocycles. The monoisotopic (exact) mass is 256 g/mol. The number of anilines is 1. The highest BCUT2D eigenvalue weighted by Gasteiger charge is 2.37. The van der Waals surface area contributed by atoms with Gasteiger partial charge < -0.3 is 4.90 Å². The number of rotatable bonds is 2. The van der Waals surface area contributed by atoms with Gasteiger partial charge in [-0.05, 0) is 12.1 Å². The maximum absolute atomic E-state index is 12.6. The van der Waals surface area contributed by atoms with Gasteiger partial charge in [-0.15, -0.1) is 5.10 Å². The lowest BCUT2D eigenvalue weighted by Crippen LogP contribution is -2.15. The van der Waals surface area contributed by atoms with E-state index in [4.69, 9.17) is 0 Å². The van der Waals surface area contributed by atoms with E-state index in [1.54, 1.807) is 44.4 Å². The molecule has 0 aliphatic rings. The van der Waals surface area contributed by atoms with Crippen molar-refractivity contribution in [2.45, 2.75) is 6.18 Å². The number of aromatic nitrogens is 3. The predicted octanol–water partition coefficient (Wildman–Crippen LogP) is 2.35. The lowest BCUT2D eigenvalue weighted by molar-refractivity contribution is -0.144. The van der Waals surface area contributed by atoms with Crippen LogP contribution in [0.15, 0.2) is 30.3 Å². The van der Waals surface area contributed by atoms with Gasteiger partial charge in [-0.3, -0.25) is 0 Å². The minimum Gasteiger partial charge on any atom is -0.347 e. The molecule has 1 aromatic carbocycles. The van der Waals surface area contributed by atoms with Crippen LogP contribution < -0.4 is 4.90 Å². The number of halogens is 3. The lowest BCUT2D eigenvalue weighted by Gasteiger charge is -2.12. The lowest BCUT2D eigenvalue weighted by atomic mass is 10.3. The number of alkyl halides is 3. The molecule has 0 radical (unpaired) electrons. The van der Waals surface area contributed by atoms with Gasteiger partial charge in [0.05, 0.1) is 5.69 Å². The molecule has 0 atom stereocenters. The summed E-state index contributed by atoms with van der Waals surface area (Å²) in [5, 5.41) is 3.51. The molecule has 0 unspecified atom stereocenters. The first-order valence-electron chi connectivity index (χ1n) is 5.16. The topological polar surface area (TPSA) is 34.0 Å². The van der Waals surface area contributed by atoms with Crippen molar-refractivity contribution in [3.63, 3.8) is 0 Å². The molecule has 7 heteroatoms. The first kappa shape index (κ1) is 12.4. The molecule has 0 aliphatic carbocycles. The van der Waals surface area contributed by atoms with E-state index in [0.29, 0.717) is 5.69 Å². The normalized spacial score (nSPS) is 11.6. The van der Waals surface area contributed by atoms with Gasteiger partial charge in [0.15, 0.2) is 0 Å². The number of benzene rings is 1. The molecule has 0 aliphatic heterocycles. The summed E-state index contributed by atoms with van der Waals surface area (Å²) >= 11 is 0. The van der Waals surface area contributed by atoms with Crippen molar-refractivity contribution in [1.29, 1.82) is 0 Å². The molecule has 0 spiro atoms. The molecule has 2 aromatic rings. The van der Waals surface area contributed by atoms with Crippen LogP contribution in [0, 0.1) is 0 Å². The summed E-state index contributed by atoms with van der Waals surface area (Å²) in [7, 11) is 3.23. The van der Waals surface area contributed by atoms with Crippen LogP contribution >= 0.6 is 0 Å². The van der Waals surface area contributed by atoms with E-state index >= 15 is 0 Å². The summed E-state index contributed by atoms with van der Waals surface area (Å²) in [6.45, 7) is 0. The summed E-state index contributed by atoms with van der Waals surface area (Å²) in [6, 6.07) is 8.57. The molecule has 0 fully saturated rings. The van der Waals surface area contributed by atoms with Crippen molar-refractivity contribution in [2.75, 3.05) is 19.0 Å². The summed E-state index contributed by atoms with van der Waals surface area (Å²) in [5.74, 6) is -1.01. The summed E-state index contributed by atoms with van der Waals surface area (Å²) < 4.78 is 39.0. The smallest absolute Gasteiger partial charge is 0.347 e. The summed E-state index contributed by atoms with van der Waals surface area (Å²) in [5.41, 5.74) is 0.532. The van der Waals surface area contributed by atoms with Crippen molar-refractivity contribution in [3.05, 3.63) is 36.2 Å². The van der Waals surface area contributed by atoms with Crippen LogP contribution in [-0.2, 0) is 6.18 Å². The van der Waals surface area contributed by atoms with Crippen LogP contribution in [0.4, 0.5) is 19.1 Å². The molecule has 0 bridgehead atoms. The Morgan fingerprint density at radius 3 is 2.22 bits per heavy atom. The van der Waals surface area contributed by atoms with Crippen molar-refractivity contribution in [1.82, 2.24) is 14.8 Å². The van der Waals surface area contributed by atoms with Crippen molar-refractivity contribution >= 4 is 5.95 Å². The van der Waals surface area contributed by atoms with Gasteiger partial charge in [-0.1, -0.05) is 18.2 Å². The highest BCUT2D eigenvalue weighted by Crippen LogP contribution is 2.28. The van der Waals surface area contributed by atoms with E-state index in [1.165, 1.54) is 9.58 Å². The Bertz CT molecular complexity index is 531. The van der Waals surface area contributed by atoms with Crippen LogP contribution in [0.2, 0.25) is 0 Å². The van der Waals surface area contributed by atoms with E-state index in [2.05, 4.69) is 10.1 Å². The number of nitrogens with zero attached hydrogens (tertiary/aromatic N) is 4. The molecule has 18 heavy (non-hydrogen) atoms. The minimum absolute atomic E-state index is 0.133. The van der Waals surface area contributed by atoms with Crippen LogP contribution in [0.1, 0.15) is 5.82 Å². The zero-order valence-corrected chi connectivity index (χ0v) is 9.81. The Balaban J connectivity index is 2.56. The molecular formula is C11H11F3N4. The second kappa shape index (κ2) is 4.32. The minimum atomic E-state index is -4.55. The maximum Gasteiger partial charge on any atom is 0.453 e. The Labute approximate surface area is 102 Å². The summed E-state index contributed by atoms with van der Waals surface area (Å²) in [6.07, 6.45) is -4.55. The predicted molar refractivity (Wildman–Crippen MR) is 60.7 cm³/mol. The molecular weight excluding hydrogens is 245 g/mol. The van der Waals surface area contributed by atoms with Crippen LogP contribution in [-0.4, -0.2) is 28.9 Å². The first-order valence-corrected chi connectivity index (χ1v) is 5.16. The van der Waals surface area contributed by atoms with Crippen LogP contribution in [0.5, 0.6) is 0 Å². The average Bonchev–Trinajstić information content (AvgIpc) is 2.74. The van der Waals surface area contributed by atoms with Crippen LogP contribution in [0.25, 0.3) is 5.69 Å². The molecule has 2 rings (SSSR count). The van der Waals surface area contributed by atoms with Crippen molar-refractivity contribution in [2.24, 2.45) is 0 Å². The average molecular weight is 256 g/mol. The van der Waals surface area contributed by atoms with Gasteiger partial charge in [0.1, 0.15) is 0 Å². The van der Waals surface area contributed by atoms with Gasteiger partial charge in [-0.25, -0.2) is 0 Å². The van der Waals surface area contributed by atoms with Gasteiger partial charge in [0, 0.05) is 14.1 Å². The molecule has 96 valence electrons. The molecule has 0 amide bonds. The Hall–Kier alpha value is -2.05. The van der Waals surface area contributed by atoms with E-state index in [1.807, 2.05) is 0 Å². The van der Waals surface area contributed by atoms with Gasteiger partial charge in [0.2, 0.25) is 5.95 Å². The SMILES string of the molecule is CN(C)c1nc(C(F)(F)F)nn1-c1ccccc1. The largest absolute Gasteiger partial charge is 0.453 e. The number of para-hydroxylation sites is 1. The fourth-order valence-corrected chi connectivity index (χ4v) is 1.46. The fraction of sp³-hybridized carbons (Fsp3) is 0.273. The molecule has 1 heterocycles. The third-order valence-electron chi connectivity index (χ3n) is 2.24. The highest BCUT2D eigenvalue weighted by atomic mass is 19.4. The maximum atomic E-state index is 12.6. The number of hydrogen-bond donors (Lipinski definition) is 0. The zero-order chi connectivity index (χ0) is 13.3. The molecule has 0 saturated carbocycles. The van der Waals surface area contributed by atoms with Gasteiger partial charge in [-0.2, -0.15) is 22.8 Å². The van der Waals surface area contributed by atoms with Gasteiger partial charge >= 0.3 is 6.18 Å². The second-order valence-corrected chi connectivity index (χ2v) is 3.87. The van der Waals surface area contributed by atoms with Crippen LogP contribution in [0.3, 0.4) is 0 Å². The van der Waals surface area contributed by atoms with Crippen molar-refractivity contribution in [3.8, 4) is 5.69 Å². The van der Waals surface area contributed by atoms with E-state index in [-0.39, 0.29) is 5.95 Å². The fourth-order valence-electron chi connectivity index (χ4n) is 1.46. The van der Waals surface area contributed by atoms with Crippen molar-refractivity contribution < 1.29 is 13.2 Å². The second-order valence-electron chi connectivity index (χ2n) is 3.87. The molecule has 0 saturated heterocycles. The Morgan fingerprint density at radius 2 is 1.72 bits per heavy atom. The highest BCUT2D eigenvalue weighted by molar-refractivity contribution is 5.41. The standard InChI is InChI=1S/C11H11F3N4/c1-17(2)10-15-9(11(12,13)14)16-18(10)8-6-4-3-5-7-8/h3-7H,1-2H3. The number of hydrogen-bond acceptors (Lipinski definition) is 3. The van der Waals surface area contributed by atoms with E-state index in [9.17, 15) is 13.2 Å². The van der Waals surface area contributed by atoms with E-state index < -0.39 is 12.0 Å². The molecule has 0 N–H and O–H groups in total. The third kappa shape index (κ3) is 2.29.